The van der Waals surface area contributed by atoms with Crippen molar-refractivity contribution in [2.75, 3.05) is 101 Å². The number of esters is 1. The van der Waals surface area contributed by atoms with E-state index in [4.69, 9.17) is 57.8 Å². The van der Waals surface area contributed by atoms with Gasteiger partial charge in [-0.05, 0) is 94.6 Å². The normalized spacial score (nSPS) is 34.9. The SMILES string of the molecule is COCCOCCOCCOCCNC(=O)O[C@@H]1CC[C@@H](C[C@@H](N)[C@@H]2CC(=O)[C@H](C)/C=C(\C)[C@@H](O)[C@@H](OC)C(=O)C(C)C[C@H](C)/C=C/C=C/C=C(\C)[C@@H](OC)C[C@@H]3CC[C@@H](C)[C@@](O)(O3)C(=O)COCN3CCCC[C@H]3C(=O)O2)C[C@H]1OC. The van der Waals surface area contributed by atoms with Gasteiger partial charge in [0.1, 0.15) is 49.6 Å². The number of ether oxygens (including phenoxy) is 11. The van der Waals surface area contributed by atoms with Crippen molar-refractivity contribution >= 4 is 29.4 Å². The number of carbonyl (C=O) groups excluding carboxylic acids is 5. The number of nitrogens with two attached hydrogens (primary N) is 1. The molecule has 0 aromatic heterocycles. The van der Waals surface area contributed by atoms with Crippen LogP contribution >= 0.6 is 0 Å². The van der Waals surface area contributed by atoms with Crippen molar-refractivity contribution in [3.05, 3.63) is 47.6 Å². The minimum atomic E-state index is -2.09. The van der Waals surface area contributed by atoms with E-state index in [1.165, 1.54) is 7.11 Å². The van der Waals surface area contributed by atoms with Crippen molar-refractivity contribution in [3.8, 4) is 0 Å². The average Bonchev–Trinajstić information content (AvgIpc) is 3.51. The molecule has 0 aromatic carbocycles. The molecule has 0 radical (unpaired) electrons. The van der Waals surface area contributed by atoms with Crippen LogP contribution < -0.4 is 11.1 Å². The van der Waals surface area contributed by atoms with Crippen molar-refractivity contribution in [1.29, 1.82) is 0 Å². The highest BCUT2D eigenvalue weighted by Crippen LogP contribution is 2.37. The van der Waals surface area contributed by atoms with Crippen LogP contribution in [0, 0.1) is 29.6 Å². The zero-order valence-electron chi connectivity index (χ0n) is 50.8. The maximum Gasteiger partial charge on any atom is 0.407 e. The molecule has 1 unspecified atom stereocenters. The van der Waals surface area contributed by atoms with Crippen molar-refractivity contribution in [3.63, 3.8) is 0 Å². The van der Waals surface area contributed by atoms with Crippen LogP contribution in [0.1, 0.15) is 119 Å². The number of ketones is 3. The fourth-order valence-corrected chi connectivity index (χ4v) is 11.2. The summed E-state index contributed by atoms with van der Waals surface area (Å²) in [6.45, 7) is 13.9. The molecule has 5 N–H and O–H groups in total. The molecule has 3 aliphatic heterocycles. The van der Waals surface area contributed by atoms with Crippen LogP contribution in [0.15, 0.2) is 47.6 Å². The van der Waals surface area contributed by atoms with Crippen molar-refractivity contribution in [1.82, 2.24) is 10.2 Å². The lowest BCUT2D eigenvalue weighted by Crippen LogP contribution is -2.55. The Morgan fingerprint density at radius 2 is 1.52 bits per heavy atom. The van der Waals surface area contributed by atoms with E-state index in [-0.39, 0.29) is 55.8 Å². The van der Waals surface area contributed by atoms with Gasteiger partial charge in [-0.1, -0.05) is 70.6 Å². The highest BCUT2D eigenvalue weighted by Gasteiger charge is 2.48. The molecule has 21 nitrogen and oxygen atoms in total. The zero-order valence-corrected chi connectivity index (χ0v) is 50.8. The van der Waals surface area contributed by atoms with Gasteiger partial charge in [-0.15, -0.1) is 0 Å². The lowest BCUT2D eigenvalue weighted by atomic mass is 9.80. The Labute approximate surface area is 487 Å². The van der Waals surface area contributed by atoms with Crippen LogP contribution in [0.3, 0.4) is 0 Å². The zero-order chi connectivity index (χ0) is 60.2. The Hall–Kier alpha value is -3.81. The molecule has 0 aromatic rings. The smallest absolute Gasteiger partial charge is 0.407 e. The summed E-state index contributed by atoms with van der Waals surface area (Å²) < 4.78 is 63.0. The van der Waals surface area contributed by atoms with E-state index in [0.29, 0.717) is 116 Å². The van der Waals surface area contributed by atoms with Gasteiger partial charge in [0.15, 0.2) is 5.78 Å². The number of fused-ring (bicyclic) bond motifs is 3. The van der Waals surface area contributed by atoms with Gasteiger partial charge < -0.3 is 73.4 Å². The fraction of sp³-hybridized carbons (Fsp3) is 0.787. The Bertz CT molecular complexity index is 2070. The van der Waals surface area contributed by atoms with Crippen LogP contribution in [0.4, 0.5) is 4.79 Å². The molecular weight excluding hydrogens is 1060 g/mol. The number of rotatable bonds is 19. The predicted octanol–water partition coefficient (Wildman–Crippen LogP) is 5.75. The molecule has 1 amide bonds. The van der Waals surface area contributed by atoms with Gasteiger partial charge in [-0.25, -0.2) is 4.79 Å². The van der Waals surface area contributed by atoms with Gasteiger partial charge in [-0.3, -0.25) is 24.1 Å². The first-order chi connectivity index (χ1) is 39.3. The number of hydrogen-bond donors (Lipinski definition) is 4. The predicted molar refractivity (Wildman–Crippen MR) is 306 cm³/mol. The van der Waals surface area contributed by atoms with Crippen LogP contribution in [-0.4, -0.2) is 206 Å². The van der Waals surface area contributed by atoms with Crippen molar-refractivity contribution < 1.29 is 86.3 Å². The topological polar surface area (TPSA) is 269 Å². The minimum absolute atomic E-state index is 0.00233. The van der Waals surface area contributed by atoms with Crippen LogP contribution in [-0.2, 0) is 71.3 Å². The van der Waals surface area contributed by atoms with Crippen molar-refractivity contribution in [2.45, 2.75) is 179 Å². The third-order valence-corrected chi connectivity index (χ3v) is 16.4. The molecule has 21 heteroatoms. The van der Waals surface area contributed by atoms with Crippen LogP contribution in [0.25, 0.3) is 0 Å². The molecule has 82 heavy (non-hydrogen) atoms. The second-order valence-electron chi connectivity index (χ2n) is 22.8. The monoisotopic (exact) mass is 1160 g/mol. The lowest BCUT2D eigenvalue weighted by Gasteiger charge is -2.41. The molecule has 15 atom stereocenters. The molecule has 3 fully saturated rings. The van der Waals surface area contributed by atoms with Crippen molar-refractivity contribution in [2.24, 2.45) is 35.3 Å². The van der Waals surface area contributed by atoms with E-state index in [0.717, 1.165) is 12.0 Å². The number of methoxy groups -OCH3 is 4. The van der Waals surface area contributed by atoms with Gasteiger partial charge >= 0.3 is 12.1 Å². The third kappa shape index (κ3) is 23.2. The maximum absolute atomic E-state index is 14.5. The van der Waals surface area contributed by atoms with E-state index in [9.17, 15) is 34.2 Å². The Kier molecular flexibility index (Phi) is 32.4. The number of amides is 1. The van der Waals surface area contributed by atoms with E-state index >= 15 is 0 Å². The number of Topliss-reactive ketones (excluding diaryl/α,β-unsaturated/α-hetero) is 3. The number of aliphatic hydroxyl groups is 2. The first-order valence-corrected chi connectivity index (χ1v) is 29.7. The van der Waals surface area contributed by atoms with Gasteiger partial charge in [0.2, 0.25) is 11.6 Å². The number of nitrogens with zero attached hydrogens (tertiary/aromatic N) is 1. The number of cyclic esters (lactones) is 1. The van der Waals surface area contributed by atoms with Crippen LogP contribution in [0.5, 0.6) is 0 Å². The van der Waals surface area contributed by atoms with E-state index in [1.807, 2.05) is 51.2 Å². The van der Waals surface area contributed by atoms with Crippen LogP contribution in [0.2, 0.25) is 0 Å². The molecule has 2 saturated heterocycles. The summed E-state index contributed by atoms with van der Waals surface area (Å²) in [6.07, 6.45) is 10.9. The second kappa shape index (κ2) is 37.6. The molecule has 2 bridgehead atoms. The standard InChI is InChI=1S/C61H101N3O18/c1-40-16-12-11-13-17-41(2)52(73-8)36-47-21-19-45(6)61(71,82-47)55(66)38-79-39-64-24-15-14-18-49(64)59(69)80-53(37-50(65)42(3)33-44(5)57(68)58(75-10)56(67)43(4)32-40)48(62)34-46-20-22-51(54(35-46)74-9)81-60(70)63-23-25-76-28-29-78-31-30-77-27-26-72-7/h11-13,16-17,33,40,42-43,45-49,51-54,57-58,68,71H,14-15,18-32,34-39,62H2,1-10H3,(H,63,70)/b13-11+,16-12+,41-17+,44-33+/t40-,42-,43?,45-,46+,47+,48-,49+,51-,52+,53+,54-,57-,58+,61-/m1/s1. The number of aliphatic hydroxyl groups excluding tert-OH is 1. The van der Waals surface area contributed by atoms with E-state index < -0.39 is 96.7 Å². The third-order valence-electron chi connectivity index (χ3n) is 16.4. The number of carbonyl (C=O) groups is 5. The first-order valence-electron chi connectivity index (χ1n) is 29.7. The molecule has 1 saturated carbocycles. The maximum atomic E-state index is 14.5. The Morgan fingerprint density at radius 1 is 0.817 bits per heavy atom. The molecule has 468 valence electrons. The van der Waals surface area contributed by atoms with Gasteiger partial charge in [0.05, 0.1) is 64.6 Å². The second-order valence-corrected chi connectivity index (χ2v) is 22.8. The number of alkyl carbamates (subject to hydrolysis) is 1. The minimum Gasteiger partial charge on any atom is -0.459 e. The molecular formula is C61H101N3O18. The quantitative estimate of drug-likeness (QED) is 0.0681. The molecule has 4 rings (SSSR count). The Morgan fingerprint density at radius 3 is 2.21 bits per heavy atom. The number of hydrogen-bond acceptors (Lipinski definition) is 20. The first kappa shape index (κ1) is 70.7. The summed E-state index contributed by atoms with van der Waals surface area (Å²) in [6, 6.07) is -1.60. The van der Waals surface area contributed by atoms with Gasteiger partial charge in [0, 0.05) is 78.2 Å². The molecule has 0 spiro atoms. The summed E-state index contributed by atoms with van der Waals surface area (Å²) in [5.74, 6) is -5.69. The van der Waals surface area contributed by atoms with E-state index in [1.54, 1.807) is 53.1 Å². The summed E-state index contributed by atoms with van der Waals surface area (Å²) in [4.78, 5) is 71.1. The summed E-state index contributed by atoms with van der Waals surface area (Å²) in [5, 5.41) is 26.1. The molecule has 1 aliphatic carbocycles. The summed E-state index contributed by atoms with van der Waals surface area (Å²) >= 11 is 0. The average molecular weight is 1160 g/mol. The largest absolute Gasteiger partial charge is 0.459 e. The Balaban J connectivity index is 1.50. The molecule has 3 heterocycles. The summed E-state index contributed by atoms with van der Waals surface area (Å²) in [7, 11) is 6.15. The van der Waals surface area contributed by atoms with Gasteiger partial charge in [-0.2, -0.15) is 0 Å². The van der Waals surface area contributed by atoms with E-state index in [2.05, 4.69) is 5.32 Å². The molecule has 4 aliphatic rings. The summed E-state index contributed by atoms with van der Waals surface area (Å²) in [5.41, 5.74) is 8.31. The number of piperidine rings is 1. The number of nitrogens with one attached hydrogen (secondary N) is 1. The fourth-order valence-electron chi connectivity index (χ4n) is 11.2. The highest BCUT2D eigenvalue weighted by atomic mass is 16.6. The number of allylic oxidation sites excluding steroid dienone is 6. The highest BCUT2D eigenvalue weighted by molar-refractivity contribution is 5.87. The van der Waals surface area contributed by atoms with Gasteiger partial charge in [0.25, 0.3) is 0 Å². The lowest BCUT2D eigenvalue weighted by molar-refractivity contribution is -0.268.